The summed E-state index contributed by atoms with van der Waals surface area (Å²) in [5.74, 6) is -0.232. The van der Waals surface area contributed by atoms with E-state index >= 15 is 0 Å². The Bertz CT molecular complexity index is 1510. The average Bonchev–Trinajstić information content (AvgIpc) is 3.37. The van der Waals surface area contributed by atoms with Crippen LogP contribution in [-0.4, -0.2) is 38.0 Å². The van der Waals surface area contributed by atoms with E-state index in [9.17, 15) is 19.7 Å². The molecule has 0 saturated carbocycles. The van der Waals surface area contributed by atoms with E-state index in [4.69, 9.17) is 5.10 Å². The summed E-state index contributed by atoms with van der Waals surface area (Å²) < 4.78 is 1.69. The lowest BCUT2D eigenvalue weighted by molar-refractivity contribution is -0.384. The van der Waals surface area contributed by atoms with Crippen LogP contribution < -0.4 is 5.32 Å². The predicted molar refractivity (Wildman–Crippen MR) is 155 cm³/mol. The number of hydrogen-bond donors (Lipinski definition) is 1. The molecule has 0 atom stereocenters. The first-order valence-electron chi connectivity index (χ1n) is 12.8. The molecule has 3 aromatic carbocycles. The number of nitrogens with one attached hydrogen (secondary N) is 1. The quantitative estimate of drug-likeness (QED) is 0.166. The molecule has 9 nitrogen and oxygen atoms in total. The van der Waals surface area contributed by atoms with Crippen LogP contribution in [0.1, 0.15) is 37.6 Å². The van der Waals surface area contributed by atoms with Crippen molar-refractivity contribution in [1.82, 2.24) is 14.7 Å². The molecule has 0 aliphatic heterocycles. The Hall–Kier alpha value is -5.05. The summed E-state index contributed by atoms with van der Waals surface area (Å²) in [5, 5.41) is 18.6. The number of nitro benzene ring substituents is 1. The summed E-state index contributed by atoms with van der Waals surface area (Å²) in [6.45, 7) is 6.18. The van der Waals surface area contributed by atoms with E-state index in [1.807, 2.05) is 87.5 Å². The highest BCUT2D eigenvalue weighted by Gasteiger charge is 2.23. The molecular formula is C31H31N5O4. The Kier molecular flexibility index (Phi) is 8.54. The van der Waals surface area contributed by atoms with Crippen molar-refractivity contribution in [1.29, 1.82) is 0 Å². The van der Waals surface area contributed by atoms with Crippen LogP contribution in [-0.2, 0) is 21.5 Å². The van der Waals surface area contributed by atoms with E-state index in [1.165, 1.54) is 23.1 Å². The van der Waals surface area contributed by atoms with Crippen LogP contribution in [0, 0.1) is 10.1 Å². The van der Waals surface area contributed by atoms with Crippen molar-refractivity contribution in [2.75, 3.05) is 11.9 Å². The summed E-state index contributed by atoms with van der Waals surface area (Å²) in [6.07, 6.45) is 2.94. The van der Waals surface area contributed by atoms with Crippen molar-refractivity contribution in [3.8, 4) is 5.69 Å². The smallest absolute Gasteiger partial charge is 0.269 e. The monoisotopic (exact) mass is 537 g/mol. The molecule has 40 heavy (non-hydrogen) atoms. The molecule has 1 heterocycles. The summed E-state index contributed by atoms with van der Waals surface area (Å²) in [5.41, 5.74) is 2.85. The number of aromatic nitrogens is 2. The maximum atomic E-state index is 13.3. The second kappa shape index (κ2) is 12.2. The van der Waals surface area contributed by atoms with Gasteiger partial charge in [0.1, 0.15) is 12.4 Å². The number of nitrogens with zero attached hydrogens (tertiary/aromatic N) is 4. The average molecular weight is 538 g/mol. The number of benzene rings is 3. The van der Waals surface area contributed by atoms with Crippen molar-refractivity contribution in [2.24, 2.45) is 0 Å². The van der Waals surface area contributed by atoms with Crippen LogP contribution in [0.2, 0.25) is 0 Å². The molecule has 204 valence electrons. The van der Waals surface area contributed by atoms with Gasteiger partial charge in [-0.15, -0.1) is 0 Å². The highest BCUT2D eigenvalue weighted by atomic mass is 16.6. The zero-order chi connectivity index (χ0) is 28.7. The third kappa shape index (κ3) is 7.28. The summed E-state index contributed by atoms with van der Waals surface area (Å²) in [7, 11) is 0. The van der Waals surface area contributed by atoms with Crippen LogP contribution in [0.4, 0.5) is 11.5 Å². The zero-order valence-electron chi connectivity index (χ0n) is 22.7. The molecule has 0 spiro atoms. The van der Waals surface area contributed by atoms with Gasteiger partial charge in [0.25, 0.3) is 5.69 Å². The highest BCUT2D eigenvalue weighted by molar-refractivity contribution is 5.97. The van der Waals surface area contributed by atoms with Crippen molar-refractivity contribution < 1.29 is 14.5 Å². The summed E-state index contributed by atoms with van der Waals surface area (Å²) >= 11 is 0. The van der Waals surface area contributed by atoms with Crippen LogP contribution in [0.3, 0.4) is 0 Å². The number of nitro groups is 1. The van der Waals surface area contributed by atoms with Gasteiger partial charge in [0, 0.05) is 36.2 Å². The third-order valence-corrected chi connectivity index (χ3v) is 6.13. The number of carbonyl (C=O) groups is 2. The Morgan fingerprint density at radius 1 is 0.975 bits per heavy atom. The number of carbonyl (C=O) groups excluding carboxylic acids is 2. The molecule has 1 aromatic heterocycles. The second-order valence-corrected chi connectivity index (χ2v) is 10.3. The normalized spacial score (nSPS) is 11.4. The standard InChI is InChI=1S/C31H31N5O4/c1-31(2,3)27-20-28(35(33-27)25-12-8-5-9-13-25)32-29(37)22-34(21-24-10-6-4-7-11-24)30(38)19-16-23-14-17-26(18-15-23)36(39)40/h4-20H,21-22H2,1-3H3,(H,32,37)/b19-16+. The number of hydrogen-bond acceptors (Lipinski definition) is 5. The topological polar surface area (TPSA) is 110 Å². The molecule has 9 heteroatoms. The van der Waals surface area contributed by atoms with Crippen molar-refractivity contribution >= 4 is 29.4 Å². The van der Waals surface area contributed by atoms with E-state index in [1.54, 1.807) is 22.9 Å². The van der Waals surface area contributed by atoms with Crippen LogP contribution >= 0.6 is 0 Å². The molecule has 0 bridgehead atoms. The fraction of sp³-hybridized carbons (Fsp3) is 0.194. The minimum atomic E-state index is -0.479. The Balaban J connectivity index is 1.55. The fourth-order valence-electron chi connectivity index (χ4n) is 3.95. The van der Waals surface area contributed by atoms with Crippen molar-refractivity contribution in [2.45, 2.75) is 32.7 Å². The first-order valence-corrected chi connectivity index (χ1v) is 12.8. The van der Waals surface area contributed by atoms with E-state index < -0.39 is 4.92 Å². The van der Waals surface area contributed by atoms with Crippen LogP contribution in [0.5, 0.6) is 0 Å². The van der Waals surface area contributed by atoms with Gasteiger partial charge in [-0.3, -0.25) is 19.7 Å². The highest BCUT2D eigenvalue weighted by Crippen LogP contribution is 2.26. The number of rotatable bonds is 9. The minimum absolute atomic E-state index is 0.0322. The third-order valence-electron chi connectivity index (χ3n) is 6.13. The molecule has 4 aromatic rings. The minimum Gasteiger partial charge on any atom is -0.326 e. The first-order chi connectivity index (χ1) is 19.1. The lowest BCUT2D eigenvalue weighted by Gasteiger charge is -2.21. The van der Waals surface area contributed by atoms with Gasteiger partial charge in [0.15, 0.2) is 0 Å². The van der Waals surface area contributed by atoms with Gasteiger partial charge in [-0.25, -0.2) is 4.68 Å². The Morgan fingerprint density at radius 3 is 2.20 bits per heavy atom. The molecular weight excluding hydrogens is 506 g/mol. The van der Waals surface area contributed by atoms with Gasteiger partial charge in [-0.1, -0.05) is 69.3 Å². The molecule has 0 fully saturated rings. The van der Waals surface area contributed by atoms with Gasteiger partial charge < -0.3 is 10.2 Å². The summed E-state index contributed by atoms with van der Waals surface area (Å²) in [4.78, 5) is 38.4. The lowest BCUT2D eigenvalue weighted by atomic mass is 9.92. The largest absolute Gasteiger partial charge is 0.326 e. The van der Waals surface area contributed by atoms with E-state index in [0.717, 1.165) is 16.9 Å². The fourth-order valence-corrected chi connectivity index (χ4v) is 3.95. The predicted octanol–water partition coefficient (Wildman–Crippen LogP) is 5.76. The van der Waals surface area contributed by atoms with E-state index in [-0.39, 0.29) is 36.0 Å². The Labute approximate surface area is 232 Å². The summed E-state index contributed by atoms with van der Waals surface area (Å²) in [6, 6.07) is 26.7. The van der Waals surface area contributed by atoms with E-state index in [2.05, 4.69) is 5.32 Å². The number of para-hydroxylation sites is 1. The lowest BCUT2D eigenvalue weighted by Crippen LogP contribution is -2.37. The molecule has 0 aliphatic carbocycles. The molecule has 2 amide bonds. The van der Waals surface area contributed by atoms with Crippen molar-refractivity contribution in [3.63, 3.8) is 0 Å². The Morgan fingerprint density at radius 2 is 1.60 bits per heavy atom. The zero-order valence-corrected chi connectivity index (χ0v) is 22.7. The van der Waals surface area contributed by atoms with Gasteiger partial charge in [0.05, 0.1) is 16.3 Å². The molecule has 1 N–H and O–H groups in total. The molecule has 0 radical (unpaired) electrons. The van der Waals surface area contributed by atoms with Gasteiger partial charge in [0.2, 0.25) is 11.8 Å². The van der Waals surface area contributed by atoms with Gasteiger partial charge in [-0.05, 0) is 41.5 Å². The molecule has 4 rings (SSSR count). The van der Waals surface area contributed by atoms with Crippen LogP contribution in [0.15, 0.2) is 97.1 Å². The number of amides is 2. The molecule has 0 saturated heterocycles. The van der Waals surface area contributed by atoms with E-state index in [0.29, 0.717) is 11.4 Å². The molecule has 0 aliphatic rings. The second-order valence-electron chi connectivity index (χ2n) is 10.3. The SMILES string of the molecule is CC(C)(C)c1cc(NC(=O)CN(Cc2ccccc2)C(=O)/C=C/c2ccc([N+](=O)[O-])cc2)n(-c2ccccc2)n1. The van der Waals surface area contributed by atoms with Gasteiger partial charge in [-0.2, -0.15) is 5.10 Å². The maximum absolute atomic E-state index is 13.3. The number of anilines is 1. The van der Waals surface area contributed by atoms with Crippen molar-refractivity contribution in [3.05, 3.63) is 124 Å². The molecule has 0 unspecified atom stereocenters. The van der Waals surface area contributed by atoms with Crippen LogP contribution in [0.25, 0.3) is 11.8 Å². The maximum Gasteiger partial charge on any atom is 0.269 e. The number of non-ortho nitro benzene ring substituents is 1. The first kappa shape index (κ1) is 28.0. The van der Waals surface area contributed by atoms with Gasteiger partial charge >= 0.3 is 0 Å².